The van der Waals surface area contributed by atoms with Gasteiger partial charge in [-0.2, -0.15) is 0 Å². The van der Waals surface area contributed by atoms with E-state index in [9.17, 15) is 0 Å². The Bertz CT molecular complexity index is 270. The van der Waals surface area contributed by atoms with Crippen LogP contribution < -0.4 is 4.90 Å². The van der Waals surface area contributed by atoms with Crippen LogP contribution in [0.1, 0.15) is 45.4 Å². The Labute approximate surface area is 101 Å². The molecule has 1 rings (SSSR count). The van der Waals surface area contributed by atoms with Crippen molar-refractivity contribution >= 4 is 5.95 Å². The van der Waals surface area contributed by atoms with Crippen molar-refractivity contribution in [2.24, 2.45) is 0 Å². The molecule has 1 heterocycles. The largest absolute Gasteiger partial charge is 0.347 e. The Hall–Kier alpha value is -1.12. The fourth-order valence-electron chi connectivity index (χ4n) is 0.730. The third-order valence-electron chi connectivity index (χ3n) is 1.61. The summed E-state index contributed by atoms with van der Waals surface area (Å²) in [4.78, 5) is 10.3. The van der Waals surface area contributed by atoms with E-state index in [2.05, 4.69) is 23.8 Å². The highest BCUT2D eigenvalue weighted by Crippen LogP contribution is 2.06. The first kappa shape index (κ1) is 17.3. The second kappa shape index (κ2) is 10.4. The zero-order valence-corrected chi connectivity index (χ0v) is 12.1. The van der Waals surface area contributed by atoms with Gasteiger partial charge in [-0.15, -0.1) is 0 Å². The number of hydrogen-bond acceptors (Lipinski definition) is 3. The normalized spacial score (nSPS) is 8.25. The average molecular weight is 225 g/mol. The average Bonchev–Trinajstić information content (AvgIpc) is 2.26. The Morgan fingerprint density at radius 3 is 1.88 bits per heavy atom. The van der Waals surface area contributed by atoms with Gasteiger partial charge >= 0.3 is 0 Å². The fourth-order valence-corrected chi connectivity index (χ4v) is 0.730. The highest BCUT2D eigenvalue weighted by molar-refractivity contribution is 5.29. The Balaban J connectivity index is 0. The zero-order valence-electron chi connectivity index (χ0n) is 12.1. The van der Waals surface area contributed by atoms with Crippen LogP contribution in [0.15, 0.2) is 6.20 Å². The van der Waals surface area contributed by atoms with Crippen molar-refractivity contribution in [3.05, 3.63) is 17.5 Å². The smallest absolute Gasteiger partial charge is 0.224 e. The molecule has 1 aromatic rings. The van der Waals surface area contributed by atoms with E-state index in [-0.39, 0.29) is 0 Å². The van der Waals surface area contributed by atoms with Crippen molar-refractivity contribution < 1.29 is 0 Å². The topological polar surface area (TPSA) is 29.0 Å². The molecule has 1 aromatic heterocycles. The van der Waals surface area contributed by atoms with Crippen molar-refractivity contribution in [2.75, 3.05) is 19.0 Å². The monoisotopic (exact) mass is 225 g/mol. The van der Waals surface area contributed by atoms with Gasteiger partial charge in [0.1, 0.15) is 0 Å². The molecule has 0 amide bonds. The highest BCUT2D eigenvalue weighted by Gasteiger charge is 1.99. The third-order valence-corrected chi connectivity index (χ3v) is 1.61. The number of aromatic nitrogens is 2. The van der Waals surface area contributed by atoms with E-state index in [4.69, 9.17) is 0 Å². The van der Waals surface area contributed by atoms with Crippen LogP contribution in [-0.4, -0.2) is 24.1 Å². The summed E-state index contributed by atoms with van der Waals surface area (Å²) in [6, 6.07) is 0. The van der Waals surface area contributed by atoms with Crippen LogP contribution in [0.25, 0.3) is 0 Å². The molecule has 94 valence electrons. The van der Waals surface area contributed by atoms with E-state index in [1.165, 1.54) is 6.42 Å². The lowest BCUT2D eigenvalue weighted by atomic mass is 10.3. The maximum Gasteiger partial charge on any atom is 0.224 e. The van der Waals surface area contributed by atoms with E-state index in [0.717, 1.165) is 17.2 Å². The molecule has 0 radical (unpaired) electrons. The first-order valence-electron chi connectivity index (χ1n) is 6.00. The highest BCUT2D eigenvalue weighted by atomic mass is 15.2. The van der Waals surface area contributed by atoms with Crippen molar-refractivity contribution in [3.8, 4) is 0 Å². The lowest BCUT2D eigenvalue weighted by molar-refractivity contribution is 0.963. The molecule has 0 saturated carbocycles. The lowest BCUT2D eigenvalue weighted by Crippen LogP contribution is -2.13. The summed E-state index contributed by atoms with van der Waals surface area (Å²) in [5, 5.41) is 0. The molecule has 0 unspecified atom stereocenters. The molecule has 3 heteroatoms. The van der Waals surface area contributed by atoms with E-state index in [1.54, 1.807) is 0 Å². The number of nitrogens with zero attached hydrogens (tertiary/aromatic N) is 3. The molecular weight excluding hydrogens is 198 g/mol. The summed E-state index contributed by atoms with van der Waals surface area (Å²) in [7, 11) is 3.87. The van der Waals surface area contributed by atoms with Gasteiger partial charge in [0.2, 0.25) is 5.95 Å². The van der Waals surface area contributed by atoms with E-state index < -0.39 is 0 Å². The van der Waals surface area contributed by atoms with Crippen LogP contribution in [0.2, 0.25) is 0 Å². The summed E-state index contributed by atoms with van der Waals surface area (Å²) >= 11 is 0. The summed E-state index contributed by atoms with van der Waals surface area (Å²) < 4.78 is 0. The maximum absolute atomic E-state index is 4.29. The number of anilines is 1. The molecule has 0 aliphatic heterocycles. The molecule has 0 aromatic carbocycles. The third kappa shape index (κ3) is 7.21. The van der Waals surface area contributed by atoms with Crippen LogP contribution in [0.4, 0.5) is 5.95 Å². The van der Waals surface area contributed by atoms with Gasteiger partial charge in [0.25, 0.3) is 0 Å². The van der Waals surface area contributed by atoms with Crippen LogP contribution in [-0.2, 0) is 0 Å². The van der Waals surface area contributed by atoms with Gasteiger partial charge in [-0.3, -0.25) is 0 Å². The molecule has 0 N–H and O–H groups in total. The quantitative estimate of drug-likeness (QED) is 0.731. The summed E-state index contributed by atoms with van der Waals surface area (Å²) in [6.07, 6.45) is 3.09. The van der Waals surface area contributed by atoms with Gasteiger partial charge in [0.05, 0.1) is 0 Å². The van der Waals surface area contributed by atoms with Gasteiger partial charge in [-0.1, -0.05) is 34.1 Å². The zero-order chi connectivity index (χ0) is 13.1. The Morgan fingerprint density at radius 1 is 1.12 bits per heavy atom. The molecule has 0 aliphatic rings. The molecule has 0 saturated heterocycles. The minimum absolute atomic E-state index is 0.771. The number of aryl methyl sites for hydroxylation is 2. The van der Waals surface area contributed by atoms with Crippen LogP contribution in [0.5, 0.6) is 0 Å². The number of rotatable bonds is 1. The fraction of sp³-hybridized carbons (Fsp3) is 0.692. The molecule has 0 atom stereocenters. The Kier molecular flexibility index (Phi) is 11.2. The minimum atomic E-state index is 0.771. The predicted molar refractivity (Wildman–Crippen MR) is 73.1 cm³/mol. The standard InChI is InChI=1S/C8H13N3.C3H8.C2H6/c1-6-5-9-8(11(3)4)10-7(6)2;1-3-2;1-2/h5H,1-4H3;3H2,1-2H3;1-2H3. The van der Waals surface area contributed by atoms with Crippen molar-refractivity contribution in [3.63, 3.8) is 0 Å². The van der Waals surface area contributed by atoms with Gasteiger partial charge in [0.15, 0.2) is 0 Å². The lowest BCUT2D eigenvalue weighted by Gasteiger charge is -2.10. The van der Waals surface area contributed by atoms with Gasteiger partial charge in [0, 0.05) is 26.0 Å². The molecule has 0 bridgehead atoms. The second-order valence-electron chi connectivity index (χ2n) is 3.54. The predicted octanol–water partition coefficient (Wildman–Crippen LogP) is 3.60. The van der Waals surface area contributed by atoms with E-state index >= 15 is 0 Å². The van der Waals surface area contributed by atoms with Gasteiger partial charge in [-0.25, -0.2) is 9.97 Å². The molecule has 3 nitrogen and oxygen atoms in total. The number of hydrogen-bond donors (Lipinski definition) is 0. The Morgan fingerprint density at radius 2 is 1.56 bits per heavy atom. The van der Waals surface area contributed by atoms with Crippen molar-refractivity contribution in [2.45, 2.75) is 48.0 Å². The minimum Gasteiger partial charge on any atom is -0.347 e. The van der Waals surface area contributed by atoms with Crippen molar-refractivity contribution in [1.29, 1.82) is 0 Å². The molecule has 0 spiro atoms. The van der Waals surface area contributed by atoms with Crippen LogP contribution in [0.3, 0.4) is 0 Å². The SMILES string of the molecule is CC.CCC.Cc1cnc(N(C)C)nc1C. The van der Waals surface area contributed by atoms with Crippen LogP contribution in [0, 0.1) is 13.8 Å². The molecular formula is C13H27N3. The maximum atomic E-state index is 4.29. The summed E-state index contributed by atoms with van der Waals surface area (Å²) in [5.74, 6) is 0.771. The second-order valence-corrected chi connectivity index (χ2v) is 3.54. The van der Waals surface area contributed by atoms with E-state index in [0.29, 0.717) is 0 Å². The van der Waals surface area contributed by atoms with Crippen molar-refractivity contribution in [1.82, 2.24) is 9.97 Å². The first-order valence-corrected chi connectivity index (χ1v) is 6.00. The van der Waals surface area contributed by atoms with Gasteiger partial charge in [-0.05, 0) is 19.4 Å². The molecule has 0 fully saturated rings. The molecule has 16 heavy (non-hydrogen) atoms. The summed E-state index contributed by atoms with van der Waals surface area (Å²) in [5.41, 5.74) is 2.18. The van der Waals surface area contributed by atoms with Gasteiger partial charge < -0.3 is 4.90 Å². The van der Waals surface area contributed by atoms with Crippen LogP contribution >= 0.6 is 0 Å². The summed E-state index contributed by atoms with van der Waals surface area (Å²) in [6.45, 7) is 12.2. The van der Waals surface area contributed by atoms with E-state index in [1.807, 2.05) is 52.9 Å². The first-order chi connectivity index (χ1) is 7.52. The molecule has 0 aliphatic carbocycles.